The Kier molecular flexibility index (Phi) is 21.5. The maximum atomic E-state index is 12.2. The summed E-state index contributed by atoms with van der Waals surface area (Å²) < 4.78 is 35.0. The van der Waals surface area contributed by atoms with Crippen molar-refractivity contribution < 1.29 is 27.5 Å². The number of sulfone groups is 1. The molecule has 0 aromatic carbocycles. The fourth-order valence-corrected chi connectivity index (χ4v) is 6.51. The molecule has 2 unspecified atom stereocenters. The van der Waals surface area contributed by atoms with E-state index in [-0.39, 0.29) is 28.3 Å². The number of esters is 2. The SMILES string of the molecule is CCCCC(CC)COC(=O)CCS(=O)(=O)c1ccc(C)c(Cl)n1.CCCCC(CC)COC(=O)CCSc1ccc(C)c(Cl)n1. The lowest BCUT2D eigenvalue weighted by Gasteiger charge is -2.14. The molecule has 2 atom stereocenters. The Bertz CT molecular complexity index is 1310. The Hall–Kier alpha value is -1.88. The van der Waals surface area contributed by atoms with Crippen LogP contribution in [-0.4, -0.2) is 55.0 Å². The quantitative estimate of drug-likeness (QED) is 0.0751. The Balaban J connectivity index is 0.000000462. The van der Waals surface area contributed by atoms with E-state index in [0.29, 0.717) is 47.9 Å². The van der Waals surface area contributed by atoms with E-state index in [4.69, 9.17) is 32.7 Å². The summed E-state index contributed by atoms with van der Waals surface area (Å²) in [6.45, 7) is 13.1. The van der Waals surface area contributed by atoms with Gasteiger partial charge in [-0.1, -0.05) is 102 Å². The van der Waals surface area contributed by atoms with E-state index < -0.39 is 15.8 Å². The van der Waals surface area contributed by atoms with Crippen molar-refractivity contribution in [3.8, 4) is 0 Å². The highest BCUT2D eigenvalue weighted by Crippen LogP contribution is 2.22. The van der Waals surface area contributed by atoms with Crippen LogP contribution in [-0.2, 0) is 28.9 Å². The molecule has 2 rings (SSSR count). The van der Waals surface area contributed by atoms with Gasteiger partial charge in [0.2, 0.25) is 0 Å². The Morgan fingerprint density at radius 3 is 1.76 bits per heavy atom. The van der Waals surface area contributed by atoms with Crippen LogP contribution in [0.3, 0.4) is 0 Å². The minimum Gasteiger partial charge on any atom is -0.465 e. The van der Waals surface area contributed by atoms with Crippen LogP contribution < -0.4 is 0 Å². The molecule has 2 heterocycles. The van der Waals surface area contributed by atoms with Crippen LogP contribution in [0, 0.1) is 25.7 Å². The van der Waals surface area contributed by atoms with Crippen LogP contribution in [0.2, 0.25) is 10.3 Å². The summed E-state index contributed by atoms with van der Waals surface area (Å²) in [6, 6.07) is 6.87. The average molecular weight is 720 g/mol. The second kappa shape index (κ2) is 23.4. The molecule has 0 aliphatic carbocycles. The van der Waals surface area contributed by atoms with Gasteiger partial charge in [0.15, 0.2) is 14.9 Å². The van der Waals surface area contributed by atoms with Gasteiger partial charge < -0.3 is 9.47 Å². The minimum absolute atomic E-state index is 0.111. The van der Waals surface area contributed by atoms with Crippen LogP contribution >= 0.6 is 35.0 Å². The van der Waals surface area contributed by atoms with Gasteiger partial charge in [-0.3, -0.25) is 9.59 Å². The lowest BCUT2D eigenvalue weighted by Crippen LogP contribution is -2.18. The number of halogens is 2. The number of nitrogens with zero attached hydrogens (tertiary/aromatic N) is 2. The van der Waals surface area contributed by atoms with Gasteiger partial charge in [0.1, 0.15) is 10.3 Å². The van der Waals surface area contributed by atoms with Gasteiger partial charge in [-0.25, -0.2) is 18.4 Å². The topological polar surface area (TPSA) is 113 Å². The molecular weight excluding hydrogens is 667 g/mol. The van der Waals surface area contributed by atoms with Crippen molar-refractivity contribution in [1.29, 1.82) is 0 Å². The first kappa shape index (κ1) is 42.1. The third-order valence-electron chi connectivity index (χ3n) is 7.52. The van der Waals surface area contributed by atoms with Crippen LogP contribution in [0.5, 0.6) is 0 Å². The van der Waals surface area contributed by atoms with Crippen molar-refractivity contribution in [3.63, 3.8) is 0 Å². The zero-order valence-electron chi connectivity index (χ0n) is 28.3. The van der Waals surface area contributed by atoms with E-state index in [1.807, 2.05) is 19.1 Å². The molecule has 0 aliphatic rings. The molecule has 0 bridgehead atoms. The van der Waals surface area contributed by atoms with Gasteiger partial charge in [-0.2, -0.15) is 0 Å². The van der Waals surface area contributed by atoms with Gasteiger partial charge >= 0.3 is 11.9 Å². The number of hydrogen-bond donors (Lipinski definition) is 0. The smallest absolute Gasteiger partial charge is 0.306 e. The lowest BCUT2D eigenvalue weighted by molar-refractivity contribution is -0.145. The van der Waals surface area contributed by atoms with E-state index in [1.54, 1.807) is 13.0 Å². The van der Waals surface area contributed by atoms with Gasteiger partial charge in [-0.05, 0) is 61.8 Å². The van der Waals surface area contributed by atoms with Crippen molar-refractivity contribution in [2.24, 2.45) is 11.8 Å². The molecule has 12 heteroatoms. The number of ether oxygens (including phenoxy) is 2. The second-order valence-electron chi connectivity index (χ2n) is 11.4. The van der Waals surface area contributed by atoms with E-state index in [9.17, 15) is 18.0 Å². The standard InChI is InChI=1S/C17H26ClNO4S.C17H26ClNO2S/c1-4-6-7-14(5-2)12-23-16(20)10-11-24(21,22)15-9-8-13(3)17(18)19-15;1-4-6-7-14(5-2)12-21-16(20)10-11-22-15-9-8-13(3)17(18)19-15/h8-9,14H,4-7,10-12H2,1-3H3;8-9,14H,4-7,10-12H2,1-3H3. The molecule has 0 aliphatic heterocycles. The van der Waals surface area contributed by atoms with E-state index in [0.717, 1.165) is 49.1 Å². The van der Waals surface area contributed by atoms with Gasteiger partial charge in [-0.15, -0.1) is 11.8 Å². The zero-order valence-corrected chi connectivity index (χ0v) is 31.4. The van der Waals surface area contributed by atoms with E-state index >= 15 is 0 Å². The maximum Gasteiger partial charge on any atom is 0.306 e. The number of hydrogen-bond acceptors (Lipinski definition) is 9. The molecule has 2 aromatic rings. The monoisotopic (exact) mass is 718 g/mol. The molecule has 0 saturated carbocycles. The van der Waals surface area contributed by atoms with Crippen molar-refractivity contribution >= 4 is 56.7 Å². The van der Waals surface area contributed by atoms with Gasteiger partial charge in [0.25, 0.3) is 0 Å². The number of carbonyl (C=O) groups is 2. The minimum atomic E-state index is -3.65. The summed E-state index contributed by atoms with van der Waals surface area (Å²) in [5.41, 5.74) is 1.66. The van der Waals surface area contributed by atoms with Gasteiger partial charge in [0, 0.05) is 5.75 Å². The largest absolute Gasteiger partial charge is 0.465 e. The normalized spacial score (nSPS) is 12.5. The molecule has 2 aromatic heterocycles. The summed E-state index contributed by atoms with van der Waals surface area (Å²) in [5, 5.41) is 1.41. The number of aryl methyl sites for hydroxylation is 2. The maximum absolute atomic E-state index is 12.2. The fraction of sp³-hybridized carbons (Fsp3) is 0.647. The average Bonchev–Trinajstić information content (AvgIpc) is 3.03. The molecule has 0 N–H and O–H groups in total. The summed E-state index contributed by atoms with van der Waals surface area (Å²) in [7, 11) is -3.65. The first-order valence-electron chi connectivity index (χ1n) is 16.3. The molecule has 0 saturated heterocycles. The third kappa shape index (κ3) is 17.3. The Labute approximate surface area is 291 Å². The molecule has 0 fully saturated rings. The first-order chi connectivity index (χ1) is 21.9. The molecule has 260 valence electrons. The molecule has 46 heavy (non-hydrogen) atoms. The number of aromatic nitrogens is 2. The van der Waals surface area contributed by atoms with E-state index in [2.05, 4.69) is 37.7 Å². The second-order valence-corrected chi connectivity index (χ2v) is 15.3. The fourth-order valence-electron chi connectivity index (χ4n) is 4.15. The highest BCUT2D eigenvalue weighted by atomic mass is 35.5. The van der Waals surface area contributed by atoms with Crippen molar-refractivity contribution in [2.45, 2.75) is 116 Å². The first-order valence-corrected chi connectivity index (χ1v) is 19.7. The summed E-state index contributed by atoms with van der Waals surface area (Å²) in [5.74, 6) is 0.547. The van der Waals surface area contributed by atoms with Crippen molar-refractivity contribution in [1.82, 2.24) is 9.97 Å². The Morgan fingerprint density at radius 1 is 0.783 bits per heavy atom. The number of pyridine rings is 2. The molecule has 0 amide bonds. The molecular formula is C34H52Cl2N2O6S2. The predicted octanol–water partition coefficient (Wildman–Crippen LogP) is 9.25. The van der Waals surface area contributed by atoms with Crippen LogP contribution in [0.15, 0.2) is 34.3 Å². The molecule has 8 nitrogen and oxygen atoms in total. The van der Waals surface area contributed by atoms with Crippen LogP contribution in [0.4, 0.5) is 0 Å². The number of carbonyl (C=O) groups excluding carboxylic acids is 2. The summed E-state index contributed by atoms with van der Waals surface area (Å²) in [6.07, 6.45) is 8.98. The Morgan fingerprint density at radius 2 is 1.28 bits per heavy atom. The third-order valence-corrected chi connectivity index (χ3v) is 10.8. The predicted molar refractivity (Wildman–Crippen MR) is 189 cm³/mol. The van der Waals surface area contributed by atoms with Crippen LogP contribution in [0.1, 0.15) is 103 Å². The van der Waals surface area contributed by atoms with E-state index in [1.165, 1.54) is 30.7 Å². The lowest BCUT2D eigenvalue weighted by atomic mass is 10.0. The van der Waals surface area contributed by atoms with Crippen LogP contribution in [0.25, 0.3) is 0 Å². The summed E-state index contributed by atoms with van der Waals surface area (Å²) >= 11 is 13.4. The van der Waals surface area contributed by atoms with Gasteiger partial charge in [0.05, 0.1) is 36.8 Å². The van der Waals surface area contributed by atoms with Crippen molar-refractivity contribution in [3.05, 3.63) is 45.7 Å². The number of thioether (sulfide) groups is 1. The number of rotatable bonds is 20. The molecule has 0 spiro atoms. The number of unbranched alkanes of at least 4 members (excludes halogenated alkanes) is 2. The zero-order chi connectivity index (χ0) is 34.5. The highest BCUT2D eigenvalue weighted by molar-refractivity contribution is 7.99. The highest BCUT2D eigenvalue weighted by Gasteiger charge is 2.20. The van der Waals surface area contributed by atoms with Crippen molar-refractivity contribution in [2.75, 3.05) is 24.7 Å². The summed E-state index contributed by atoms with van der Waals surface area (Å²) in [4.78, 5) is 31.7. The molecule has 0 radical (unpaired) electrons.